The molecule has 0 bridgehead atoms. The van der Waals surface area contributed by atoms with Crippen LogP contribution >= 0.6 is 0 Å². The smallest absolute Gasteiger partial charge is 0.343 e. The highest BCUT2D eigenvalue weighted by Gasteiger charge is 2.65. The fraction of sp³-hybridized carbons (Fsp3) is 0.933. The minimum atomic E-state index is -4.31. The van der Waals surface area contributed by atoms with Gasteiger partial charge in [-0.25, -0.2) is 8.91 Å². The summed E-state index contributed by atoms with van der Waals surface area (Å²) in [7, 11) is -4.31. The molecule has 0 aromatic carbocycles. The number of carbonyl (C=O) groups is 1. The highest BCUT2D eigenvalue weighted by Crippen LogP contribution is 2.47. The minimum Gasteiger partial charge on any atom is -0.343 e. The van der Waals surface area contributed by atoms with Crippen LogP contribution in [0.3, 0.4) is 0 Å². The second-order valence-corrected chi connectivity index (χ2v) is 8.74. The number of fused-ring (bicyclic) bond motifs is 3. The van der Waals surface area contributed by atoms with Crippen molar-refractivity contribution in [2.45, 2.75) is 76.7 Å². The Morgan fingerprint density at radius 1 is 1.15 bits per heavy atom. The molecule has 1 amide bonds. The molecule has 3 heterocycles. The fourth-order valence-electron chi connectivity index (χ4n) is 3.35. The molecular weight excluding hydrogens is 370 g/mol. The average molecular weight is 395 g/mol. The molecule has 0 aliphatic carbocycles. The average Bonchev–Trinajstić information content (AvgIpc) is 2.96. The Balaban J connectivity index is 1.79. The fourth-order valence-corrected chi connectivity index (χ4v) is 4.15. The maximum Gasteiger partial charge on any atom is 0.362 e. The number of hydrogen-bond acceptors (Lipinski definition) is 9. The van der Waals surface area contributed by atoms with Crippen LogP contribution in [0.2, 0.25) is 0 Å². The van der Waals surface area contributed by atoms with Crippen molar-refractivity contribution in [1.82, 2.24) is 4.72 Å². The SMILES string of the molecule is CCC(=O)NS(=O)(=O)OC[C@@]12OC[C@H]3OC(C)(C)OC3[C@@H]1OC(C)(C)O2. The van der Waals surface area contributed by atoms with Crippen LogP contribution in [0.25, 0.3) is 0 Å². The Labute approximate surface area is 152 Å². The molecule has 4 atom stereocenters. The van der Waals surface area contributed by atoms with Crippen molar-refractivity contribution in [3.8, 4) is 0 Å². The van der Waals surface area contributed by atoms with Crippen LogP contribution in [0.1, 0.15) is 41.0 Å². The Morgan fingerprint density at radius 2 is 1.85 bits per heavy atom. The van der Waals surface area contributed by atoms with Gasteiger partial charge in [-0.3, -0.25) is 4.79 Å². The van der Waals surface area contributed by atoms with Gasteiger partial charge in [0.05, 0.1) is 6.61 Å². The molecule has 10 nitrogen and oxygen atoms in total. The summed E-state index contributed by atoms with van der Waals surface area (Å²) in [6, 6.07) is 0. The van der Waals surface area contributed by atoms with Gasteiger partial charge >= 0.3 is 10.3 Å². The molecule has 0 saturated carbocycles. The summed E-state index contributed by atoms with van der Waals surface area (Å²) in [5.41, 5.74) is 0. The van der Waals surface area contributed by atoms with Gasteiger partial charge in [-0.1, -0.05) is 6.92 Å². The summed E-state index contributed by atoms with van der Waals surface area (Å²) in [6.07, 6.45) is -1.66. The second kappa shape index (κ2) is 6.36. The monoisotopic (exact) mass is 395 g/mol. The lowest BCUT2D eigenvalue weighted by Crippen LogP contribution is -2.60. The summed E-state index contributed by atoms with van der Waals surface area (Å²) in [5.74, 6) is -4.05. The summed E-state index contributed by atoms with van der Waals surface area (Å²) >= 11 is 0. The zero-order valence-electron chi connectivity index (χ0n) is 15.4. The highest BCUT2D eigenvalue weighted by atomic mass is 32.2. The van der Waals surface area contributed by atoms with E-state index in [9.17, 15) is 13.2 Å². The third kappa shape index (κ3) is 3.88. The van der Waals surface area contributed by atoms with Gasteiger partial charge in [-0.2, -0.15) is 8.42 Å². The number of carbonyl (C=O) groups excluding carboxylic acids is 1. The first-order valence-electron chi connectivity index (χ1n) is 8.45. The van der Waals surface area contributed by atoms with Crippen LogP contribution in [0, 0.1) is 0 Å². The number of ether oxygens (including phenoxy) is 5. The van der Waals surface area contributed by atoms with E-state index in [2.05, 4.69) is 0 Å². The molecule has 3 rings (SSSR count). The molecule has 3 aliphatic heterocycles. The topological polar surface area (TPSA) is 119 Å². The third-order valence-corrected chi connectivity index (χ3v) is 5.16. The largest absolute Gasteiger partial charge is 0.362 e. The van der Waals surface area contributed by atoms with E-state index in [-0.39, 0.29) is 19.1 Å². The van der Waals surface area contributed by atoms with E-state index in [1.165, 1.54) is 6.92 Å². The van der Waals surface area contributed by atoms with Gasteiger partial charge in [0.1, 0.15) is 24.9 Å². The second-order valence-electron chi connectivity index (χ2n) is 7.40. The number of rotatable bonds is 5. The Morgan fingerprint density at radius 3 is 2.50 bits per heavy atom. The van der Waals surface area contributed by atoms with Gasteiger partial charge in [0.15, 0.2) is 11.6 Å². The van der Waals surface area contributed by atoms with Crippen molar-refractivity contribution in [1.29, 1.82) is 0 Å². The van der Waals surface area contributed by atoms with Crippen molar-refractivity contribution in [2.24, 2.45) is 0 Å². The van der Waals surface area contributed by atoms with Gasteiger partial charge < -0.3 is 23.7 Å². The molecule has 26 heavy (non-hydrogen) atoms. The third-order valence-electron chi connectivity index (χ3n) is 4.25. The molecule has 150 valence electrons. The van der Waals surface area contributed by atoms with Gasteiger partial charge in [-0.05, 0) is 27.7 Å². The number of amides is 1. The predicted molar refractivity (Wildman–Crippen MR) is 85.9 cm³/mol. The molecule has 1 unspecified atom stereocenters. The first-order valence-corrected chi connectivity index (χ1v) is 9.85. The van der Waals surface area contributed by atoms with Gasteiger partial charge in [0.25, 0.3) is 0 Å². The standard InChI is InChI=1S/C15H25NO9S/c1-6-10(17)16-26(18,19)21-8-15-12(24-14(4,5)25-15)11-9(7-20-15)22-13(2,3)23-11/h9,11-12H,6-8H2,1-5H3,(H,16,17)/t9-,11?,12+,15+/m1/s1. The van der Waals surface area contributed by atoms with E-state index in [0.29, 0.717) is 0 Å². The van der Waals surface area contributed by atoms with Gasteiger partial charge in [-0.15, -0.1) is 0 Å². The molecule has 0 spiro atoms. The molecule has 1 N–H and O–H groups in total. The minimum absolute atomic E-state index is 0.00349. The molecule has 3 fully saturated rings. The van der Waals surface area contributed by atoms with Crippen LogP contribution in [-0.4, -0.2) is 63.2 Å². The van der Waals surface area contributed by atoms with Crippen molar-refractivity contribution in [3.05, 3.63) is 0 Å². The molecule has 0 radical (unpaired) electrons. The first kappa shape index (κ1) is 19.9. The maximum absolute atomic E-state index is 12.0. The lowest BCUT2D eigenvalue weighted by molar-refractivity contribution is -0.290. The van der Waals surface area contributed by atoms with Crippen molar-refractivity contribution in [3.63, 3.8) is 0 Å². The quantitative estimate of drug-likeness (QED) is 0.695. The summed E-state index contributed by atoms with van der Waals surface area (Å²) < 4.78 is 60.0. The summed E-state index contributed by atoms with van der Waals surface area (Å²) in [6.45, 7) is 8.05. The Kier molecular flexibility index (Phi) is 4.88. The number of nitrogens with one attached hydrogen (secondary N) is 1. The van der Waals surface area contributed by atoms with Gasteiger partial charge in [0.2, 0.25) is 11.7 Å². The zero-order chi connectivity index (χ0) is 19.4. The Bertz CT molecular complexity index is 677. The lowest BCUT2D eigenvalue weighted by Gasteiger charge is -2.40. The van der Waals surface area contributed by atoms with E-state index >= 15 is 0 Å². The highest BCUT2D eigenvalue weighted by molar-refractivity contribution is 7.85. The van der Waals surface area contributed by atoms with Crippen LogP contribution < -0.4 is 4.72 Å². The van der Waals surface area contributed by atoms with E-state index in [0.717, 1.165) is 0 Å². The van der Waals surface area contributed by atoms with E-state index in [4.69, 9.17) is 27.9 Å². The molecule has 3 aliphatic rings. The summed E-state index contributed by atoms with van der Waals surface area (Å²) in [5, 5.41) is 0. The first-order chi connectivity index (χ1) is 11.9. The normalized spacial score (nSPS) is 37.8. The van der Waals surface area contributed by atoms with Crippen molar-refractivity contribution in [2.75, 3.05) is 13.2 Å². The van der Waals surface area contributed by atoms with E-state index in [1.54, 1.807) is 32.4 Å². The summed E-state index contributed by atoms with van der Waals surface area (Å²) in [4.78, 5) is 11.3. The zero-order valence-corrected chi connectivity index (χ0v) is 16.3. The van der Waals surface area contributed by atoms with Gasteiger partial charge in [0, 0.05) is 6.42 Å². The molecular formula is C15H25NO9S. The van der Waals surface area contributed by atoms with Crippen LogP contribution in [0.15, 0.2) is 0 Å². The van der Waals surface area contributed by atoms with Crippen LogP contribution in [-0.2, 0) is 43.0 Å². The molecule has 11 heteroatoms. The predicted octanol–water partition coefficient (Wildman–Crippen LogP) is 0.172. The van der Waals surface area contributed by atoms with E-state index in [1.807, 2.05) is 0 Å². The Hall–Kier alpha value is -0.820. The van der Waals surface area contributed by atoms with Crippen LogP contribution in [0.4, 0.5) is 0 Å². The van der Waals surface area contributed by atoms with Crippen LogP contribution in [0.5, 0.6) is 0 Å². The van der Waals surface area contributed by atoms with Crippen molar-refractivity contribution >= 4 is 16.2 Å². The van der Waals surface area contributed by atoms with E-state index < -0.39 is 52.4 Å². The number of hydrogen-bond donors (Lipinski definition) is 1. The maximum atomic E-state index is 12.0. The van der Waals surface area contributed by atoms with Crippen molar-refractivity contribution < 1.29 is 41.1 Å². The lowest BCUT2D eigenvalue weighted by atomic mass is 9.98. The molecule has 3 saturated heterocycles. The molecule has 0 aromatic heterocycles. The molecule has 0 aromatic rings.